The quantitative estimate of drug-likeness (QED) is 0.304. The minimum Gasteiger partial charge on any atom is -0.494 e. The van der Waals surface area contributed by atoms with Gasteiger partial charge in [0.2, 0.25) is 16.0 Å². The van der Waals surface area contributed by atoms with E-state index >= 15 is 0 Å². The van der Waals surface area contributed by atoms with Gasteiger partial charge in [-0.3, -0.25) is 9.21 Å². The summed E-state index contributed by atoms with van der Waals surface area (Å²) in [4.78, 5) is 16.6. The van der Waals surface area contributed by atoms with Crippen LogP contribution in [0.3, 0.4) is 0 Å². The standard InChI is InChI=1S/C30H40BrClN8O3S/c1-20-16-25(28(43-4)18-27(20)40-10-8-22(9-11-40)39-14-12-37(2)13-15-39)35-30-33-19-23(31)29(36-30)34-24-17-21(32)6-7-26(24)38(3)44(5,41)42/h6-7,16-19,22H,8-15H2,1-5H3,(H2,33,34,35,36). The maximum absolute atomic E-state index is 12.3. The van der Waals surface area contributed by atoms with Crippen LogP contribution in [-0.2, 0) is 10.0 Å². The zero-order valence-corrected chi connectivity index (χ0v) is 28.9. The number of sulfonamides is 1. The van der Waals surface area contributed by atoms with Crippen molar-refractivity contribution in [3.63, 3.8) is 0 Å². The van der Waals surface area contributed by atoms with Gasteiger partial charge in [0, 0.05) is 75.3 Å². The number of anilines is 6. The Morgan fingerprint density at radius 1 is 1.05 bits per heavy atom. The first-order valence-electron chi connectivity index (χ1n) is 14.6. The fourth-order valence-corrected chi connectivity index (χ4v) is 6.75. The molecule has 2 aromatic carbocycles. The number of halogens is 2. The summed E-state index contributed by atoms with van der Waals surface area (Å²) >= 11 is 9.76. The lowest BCUT2D eigenvalue weighted by molar-refractivity contribution is 0.0982. The number of piperidine rings is 1. The minimum atomic E-state index is -3.50. The van der Waals surface area contributed by atoms with Crippen molar-refractivity contribution in [2.45, 2.75) is 25.8 Å². The van der Waals surface area contributed by atoms with Gasteiger partial charge in [-0.05, 0) is 72.6 Å². The first-order valence-corrected chi connectivity index (χ1v) is 17.6. The van der Waals surface area contributed by atoms with E-state index in [1.165, 1.54) is 17.0 Å². The van der Waals surface area contributed by atoms with E-state index in [2.05, 4.69) is 77.3 Å². The number of nitrogens with one attached hydrogen (secondary N) is 2. The number of rotatable bonds is 9. The van der Waals surface area contributed by atoms with Gasteiger partial charge in [-0.15, -0.1) is 0 Å². The molecular weight excluding hydrogens is 668 g/mol. The first kappa shape index (κ1) is 32.6. The molecular formula is C30H40BrClN8O3S. The van der Waals surface area contributed by atoms with Crippen LogP contribution in [0.4, 0.5) is 34.5 Å². The van der Waals surface area contributed by atoms with E-state index in [4.69, 9.17) is 16.3 Å². The second kappa shape index (κ2) is 13.7. The molecule has 0 saturated carbocycles. The van der Waals surface area contributed by atoms with E-state index in [1.807, 2.05) is 0 Å². The van der Waals surface area contributed by atoms with Gasteiger partial charge < -0.3 is 25.2 Å². The number of piperazine rings is 1. The monoisotopic (exact) mass is 706 g/mol. The molecule has 0 radical (unpaired) electrons. The zero-order chi connectivity index (χ0) is 31.6. The van der Waals surface area contributed by atoms with Crippen LogP contribution in [0.25, 0.3) is 0 Å². The lowest BCUT2D eigenvalue weighted by atomic mass is 10.0. The van der Waals surface area contributed by atoms with Crippen LogP contribution < -0.4 is 24.6 Å². The number of methoxy groups -OCH3 is 1. The molecule has 1 aromatic heterocycles. The minimum absolute atomic E-state index is 0.342. The van der Waals surface area contributed by atoms with Gasteiger partial charge in [-0.2, -0.15) is 4.98 Å². The van der Waals surface area contributed by atoms with Gasteiger partial charge >= 0.3 is 0 Å². The van der Waals surface area contributed by atoms with Crippen molar-refractivity contribution in [1.82, 2.24) is 19.8 Å². The summed E-state index contributed by atoms with van der Waals surface area (Å²) in [5.41, 5.74) is 3.96. The number of benzene rings is 2. The van der Waals surface area contributed by atoms with Gasteiger partial charge in [-0.1, -0.05) is 11.6 Å². The fourth-order valence-electron chi connectivity index (χ4n) is 5.77. The van der Waals surface area contributed by atoms with Crippen molar-refractivity contribution in [1.29, 1.82) is 0 Å². The highest BCUT2D eigenvalue weighted by Crippen LogP contribution is 2.38. The SMILES string of the molecule is COc1cc(N2CCC(N3CCN(C)CC3)CC2)c(C)cc1Nc1ncc(Br)c(Nc2cc(Cl)ccc2N(C)S(C)(=O)=O)n1. The van der Waals surface area contributed by atoms with Crippen molar-refractivity contribution < 1.29 is 13.2 Å². The molecule has 44 heavy (non-hydrogen) atoms. The van der Waals surface area contributed by atoms with Gasteiger partial charge in [0.05, 0.1) is 34.9 Å². The summed E-state index contributed by atoms with van der Waals surface area (Å²) in [5, 5.41) is 6.96. The van der Waals surface area contributed by atoms with Crippen molar-refractivity contribution in [2.75, 3.05) is 86.6 Å². The van der Waals surface area contributed by atoms with E-state index < -0.39 is 10.0 Å². The Labute approximate surface area is 273 Å². The van der Waals surface area contributed by atoms with Gasteiger partial charge in [0.25, 0.3) is 0 Å². The average molecular weight is 708 g/mol. The Morgan fingerprint density at radius 2 is 1.75 bits per heavy atom. The van der Waals surface area contributed by atoms with Crippen molar-refractivity contribution in [2.24, 2.45) is 0 Å². The number of ether oxygens (including phenoxy) is 1. The molecule has 2 aliphatic heterocycles. The number of nitrogens with zero attached hydrogens (tertiary/aromatic N) is 6. The molecule has 3 aromatic rings. The smallest absolute Gasteiger partial charge is 0.232 e. The molecule has 3 heterocycles. The Balaban J connectivity index is 1.32. The zero-order valence-electron chi connectivity index (χ0n) is 25.8. The maximum atomic E-state index is 12.3. The van der Waals surface area contributed by atoms with Crippen molar-refractivity contribution in [3.05, 3.63) is 51.6 Å². The molecule has 2 N–H and O–H groups in total. The van der Waals surface area contributed by atoms with Gasteiger partial charge in [-0.25, -0.2) is 13.4 Å². The molecule has 5 rings (SSSR count). The topological polar surface area (TPSA) is 106 Å². The summed E-state index contributed by atoms with van der Waals surface area (Å²) in [6, 6.07) is 9.74. The van der Waals surface area contributed by atoms with Crippen LogP contribution in [0.1, 0.15) is 18.4 Å². The molecule has 0 bridgehead atoms. The van der Waals surface area contributed by atoms with Gasteiger partial charge in [0.15, 0.2) is 0 Å². The number of likely N-dealkylation sites (N-methyl/N-ethyl adjacent to an activating group) is 1. The molecule has 0 unspecified atom stereocenters. The highest BCUT2D eigenvalue weighted by Gasteiger charge is 2.28. The second-order valence-electron chi connectivity index (χ2n) is 11.4. The van der Waals surface area contributed by atoms with E-state index in [-0.39, 0.29) is 0 Å². The molecule has 2 fully saturated rings. The predicted molar refractivity (Wildman–Crippen MR) is 183 cm³/mol. The molecule has 0 amide bonds. The Bertz CT molecular complexity index is 1600. The summed E-state index contributed by atoms with van der Waals surface area (Å²) in [6.45, 7) is 8.74. The predicted octanol–water partition coefficient (Wildman–Crippen LogP) is 5.31. The van der Waals surface area contributed by atoms with E-state index in [1.54, 1.807) is 31.5 Å². The van der Waals surface area contributed by atoms with Crippen molar-refractivity contribution >= 4 is 72.1 Å². The third-order valence-electron chi connectivity index (χ3n) is 8.42. The van der Waals surface area contributed by atoms with Crippen LogP contribution >= 0.6 is 27.5 Å². The normalized spacial score (nSPS) is 17.0. The molecule has 0 spiro atoms. The average Bonchev–Trinajstić information content (AvgIpc) is 2.99. The summed E-state index contributed by atoms with van der Waals surface area (Å²) in [6.07, 6.45) is 5.08. The Morgan fingerprint density at radius 3 is 2.41 bits per heavy atom. The molecule has 2 saturated heterocycles. The highest BCUT2D eigenvalue weighted by molar-refractivity contribution is 9.10. The largest absolute Gasteiger partial charge is 0.494 e. The van der Waals surface area contributed by atoms with E-state index in [0.29, 0.717) is 44.4 Å². The van der Waals surface area contributed by atoms with E-state index in [0.717, 1.165) is 69.6 Å². The molecule has 238 valence electrons. The third kappa shape index (κ3) is 7.51. The lowest BCUT2D eigenvalue weighted by Gasteiger charge is -2.43. The Hall–Kier alpha value is -2.84. The molecule has 0 atom stereocenters. The number of hydrogen-bond acceptors (Lipinski definition) is 10. The van der Waals surface area contributed by atoms with Crippen LogP contribution in [0, 0.1) is 6.92 Å². The van der Waals surface area contributed by atoms with Crippen molar-refractivity contribution in [3.8, 4) is 5.75 Å². The fraction of sp³-hybridized carbons (Fsp3) is 0.467. The third-order valence-corrected chi connectivity index (χ3v) is 10.4. The van der Waals surface area contributed by atoms with Crippen LogP contribution in [0.15, 0.2) is 41.0 Å². The first-order chi connectivity index (χ1) is 20.9. The molecule has 0 aliphatic carbocycles. The molecule has 11 nitrogen and oxygen atoms in total. The Kier molecular flexibility index (Phi) is 10.1. The summed E-state index contributed by atoms with van der Waals surface area (Å²) < 4.78 is 32.1. The summed E-state index contributed by atoms with van der Waals surface area (Å²) in [7, 11) is 1.84. The van der Waals surface area contributed by atoms with Crippen LogP contribution in [0.2, 0.25) is 5.02 Å². The number of hydrogen-bond donors (Lipinski definition) is 2. The van der Waals surface area contributed by atoms with Crippen LogP contribution in [0.5, 0.6) is 5.75 Å². The second-order valence-corrected chi connectivity index (χ2v) is 14.7. The summed E-state index contributed by atoms with van der Waals surface area (Å²) in [5.74, 6) is 1.47. The van der Waals surface area contributed by atoms with Gasteiger partial charge in [0.1, 0.15) is 11.6 Å². The number of aromatic nitrogens is 2. The maximum Gasteiger partial charge on any atom is 0.232 e. The number of aryl methyl sites for hydroxylation is 1. The van der Waals surface area contributed by atoms with Crippen LogP contribution in [-0.4, -0.2) is 101 Å². The highest BCUT2D eigenvalue weighted by atomic mass is 79.9. The van der Waals surface area contributed by atoms with E-state index in [9.17, 15) is 8.42 Å². The molecule has 2 aliphatic rings. The molecule has 14 heteroatoms. The lowest BCUT2D eigenvalue weighted by Crippen LogP contribution is -2.52.